The van der Waals surface area contributed by atoms with E-state index in [0.717, 1.165) is 6.42 Å². The lowest BCUT2D eigenvalue weighted by molar-refractivity contribution is 0.556. The van der Waals surface area contributed by atoms with Gasteiger partial charge < -0.3 is 0 Å². The molecule has 0 spiro atoms. The van der Waals surface area contributed by atoms with E-state index in [2.05, 4.69) is 71.9 Å². The minimum Gasteiger partial charge on any atom is -0.0767 e. The summed E-state index contributed by atoms with van der Waals surface area (Å²) in [6.07, 6.45) is 15.2. The average Bonchev–Trinajstić information content (AvgIpc) is 3.24. The number of hydrogen-bond donors (Lipinski definition) is 0. The van der Waals surface area contributed by atoms with Crippen molar-refractivity contribution in [3.63, 3.8) is 0 Å². The van der Waals surface area contributed by atoms with Gasteiger partial charge >= 0.3 is 0 Å². The summed E-state index contributed by atoms with van der Waals surface area (Å²) in [6, 6.07) is 0. The average molecular weight is 321 g/mol. The minimum atomic E-state index is 0.526. The normalized spacial score (nSPS) is 27.3. The molecule has 0 saturated carbocycles. The van der Waals surface area contributed by atoms with E-state index in [-0.39, 0.29) is 0 Å². The van der Waals surface area contributed by atoms with E-state index in [1.54, 1.807) is 27.9 Å². The highest BCUT2D eigenvalue weighted by molar-refractivity contribution is 5.58. The highest BCUT2D eigenvalue weighted by Crippen LogP contribution is 2.53. The molecule has 0 heteroatoms. The Morgan fingerprint density at radius 2 is 1.46 bits per heavy atom. The van der Waals surface area contributed by atoms with Gasteiger partial charge in [0.2, 0.25) is 0 Å². The van der Waals surface area contributed by atoms with Gasteiger partial charge in [-0.05, 0) is 56.8 Å². The molecule has 24 heavy (non-hydrogen) atoms. The molecule has 0 amide bonds. The van der Waals surface area contributed by atoms with Gasteiger partial charge in [-0.3, -0.25) is 0 Å². The van der Waals surface area contributed by atoms with Crippen LogP contribution in [0.3, 0.4) is 0 Å². The molecule has 2 unspecified atom stereocenters. The molecule has 0 aromatic carbocycles. The smallest absolute Gasteiger partial charge is 0.0232 e. The molecule has 2 atom stereocenters. The second kappa shape index (κ2) is 6.75. The summed E-state index contributed by atoms with van der Waals surface area (Å²) in [6.45, 7) is 14.0. The Kier molecular flexibility index (Phi) is 4.85. The van der Waals surface area contributed by atoms with Crippen molar-refractivity contribution in [3.05, 3.63) is 69.4 Å². The van der Waals surface area contributed by atoms with Crippen LogP contribution >= 0.6 is 0 Å². The van der Waals surface area contributed by atoms with Crippen LogP contribution in [-0.4, -0.2) is 0 Å². The molecule has 3 aliphatic rings. The van der Waals surface area contributed by atoms with Crippen molar-refractivity contribution in [3.8, 4) is 0 Å². The standard InChI is InChI=1S/C24H32/c1-7-19-20(8-2)23(18-12-10-11-13-18)24(21(19)9-3)22-16(5)14-15(4)17(22)6/h10-14,18,22-23H,7-9H2,1-6H3. The Morgan fingerprint density at radius 1 is 0.833 bits per heavy atom. The van der Waals surface area contributed by atoms with Gasteiger partial charge in [-0.2, -0.15) is 0 Å². The Bertz CT molecular complexity index is 703. The summed E-state index contributed by atoms with van der Waals surface area (Å²) in [5.41, 5.74) is 11.3. The van der Waals surface area contributed by atoms with Crippen molar-refractivity contribution in [2.24, 2.45) is 17.8 Å². The first-order chi connectivity index (χ1) is 11.5. The maximum atomic E-state index is 2.41. The van der Waals surface area contributed by atoms with Crippen LogP contribution in [0.15, 0.2) is 69.4 Å². The third-order valence-corrected chi connectivity index (χ3v) is 6.33. The molecule has 0 N–H and O–H groups in total. The number of rotatable bonds is 5. The SMILES string of the molecule is CCC1=C(CC)C(C2C=CC=C2)C(C2C(C)=CC(C)=C2C)=C1CC. The van der Waals surface area contributed by atoms with Crippen molar-refractivity contribution in [1.82, 2.24) is 0 Å². The van der Waals surface area contributed by atoms with Gasteiger partial charge in [-0.15, -0.1) is 0 Å². The topological polar surface area (TPSA) is 0 Å². The van der Waals surface area contributed by atoms with E-state index in [0.29, 0.717) is 17.8 Å². The Labute approximate surface area is 148 Å². The fourth-order valence-corrected chi connectivity index (χ4v) is 5.27. The quantitative estimate of drug-likeness (QED) is 0.507. The van der Waals surface area contributed by atoms with Crippen molar-refractivity contribution in [2.45, 2.75) is 60.8 Å². The van der Waals surface area contributed by atoms with Crippen LogP contribution in [-0.2, 0) is 0 Å². The zero-order valence-electron chi connectivity index (χ0n) is 16.2. The molecule has 0 aromatic rings. The van der Waals surface area contributed by atoms with Gasteiger partial charge in [0.25, 0.3) is 0 Å². The lowest BCUT2D eigenvalue weighted by Gasteiger charge is -2.30. The summed E-state index contributed by atoms with van der Waals surface area (Å²) in [4.78, 5) is 0. The molecule has 0 radical (unpaired) electrons. The zero-order chi connectivity index (χ0) is 17.4. The van der Waals surface area contributed by atoms with Crippen LogP contribution in [0.4, 0.5) is 0 Å². The fraction of sp³-hybridized carbons (Fsp3) is 0.500. The first-order valence-electron chi connectivity index (χ1n) is 9.70. The second-order valence-electron chi connectivity index (χ2n) is 7.51. The predicted molar refractivity (Wildman–Crippen MR) is 106 cm³/mol. The molecule has 0 nitrogen and oxygen atoms in total. The Balaban J connectivity index is 2.18. The van der Waals surface area contributed by atoms with Crippen LogP contribution in [0.25, 0.3) is 0 Å². The van der Waals surface area contributed by atoms with Crippen molar-refractivity contribution in [1.29, 1.82) is 0 Å². The van der Waals surface area contributed by atoms with Gasteiger partial charge in [0.1, 0.15) is 0 Å². The van der Waals surface area contributed by atoms with Crippen LogP contribution < -0.4 is 0 Å². The molecule has 0 fully saturated rings. The number of allylic oxidation sites excluding steroid dienone is 12. The maximum absolute atomic E-state index is 2.41. The Hall–Kier alpha value is -1.56. The van der Waals surface area contributed by atoms with E-state index in [1.165, 1.54) is 24.0 Å². The highest BCUT2D eigenvalue weighted by atomic mass is 14.4. The van der Waals surface area contributed by atoms with Gasteiger partial charge in [0.15, 0.2) is 0 Å². The maximum Gasteiger partial charge on any atom is 0.0232 e. The van der Waals surface area contributed by atoms with E-state index in [9.17, 15) is 0 Å². The predicted octanol–water partition coefficient (Wildman–Crippen LogP) is 7.09. The molecular formula is C24H32. The lowest BCUT2D eigenvalue weighted by Crippen LogP contribution is -2.20. The first kappa shape index (κ1) is 17.3. The largest absolute Gasteiger partial charge is 0.0767 e. The highest BCUT2D eigenvalue weighted by Gasteiger charge is 2.40. The van der Waals surface area contributed by atoms with Crippen LogP contribution in [0.5, 0.6) is 0 Å². The molecule has 0 heterocycles. The van der Waals surface area contributed by atoms with Crippen LogP contribution in [0.1, 0.15) is 60.8 Å². The van der Waals surface area contributed by atoms with Crippen molar-refractivity contribution in [2.75, 3.05) is 0 Å². The van der Waals surface area contributed by atoms with E-state index in [4.69, 9.17) is 0 Å². The van der Waals surface area contributed by atoms with E-state index >= 15 is 0 Å². The minimum absolute atomic E-state index is 0.526. The molecule has 0 aliphatic heterocycles. The summed E-state index contributed by atoms with van der Waals surface area (Å²) in [7, 11) is 0. The summed E-state index contributed by atoms with van der Waals surface area (Å²) in [5.74, 6) is 1.64. The molecule has 0 aromatic heterocycles. The second-order valence-corrected chi connectivity index (χ2v) is 7.51. The monoisotopic (exact) mass is 320 g/mol. The summed E-state index contributed by atoms with van der Waals surface area (Å²) >= 11 is 0. The molecule has 3 rings (SSSR count). The molecular weight excluding hydrogens is 288 g/mol. The molecule has 3 aliphatic carbocycles. The van der Waals surface area contributed by atoms with E-state index in [1.807, 2.05) is 0 Å². The molecule has 0 bridgehead atoms. The van der Waals surface area contributed by atoms with Gasteiger partial charge in [0.05, 0.1) is 0 Å². The summed E-state index contributed by atoms with van der Waals surface area (Å²) in [5, 5.41) is 0. The lowest BCUT2D eigenvalue weighted by atomic mass is 9.74. The third-order valence-electron chi connectivity index (χ3n) is 6.33. The first-order valence-corrected chi connectivity index (χ1v) is 9.70. The van der Waals surface area contributed by atoms with Crippen LogP contribution in [0.2, 0.25) is 0 Å². The van der Waals surface area contributed by atoms with Crippen LogP contribution in [0, 0.1) is 17.8 Å². The molecule has 0 saturated heterocycles. The van der Waals surface area contributed by atoms with Gasteiger partial charge in [-0.25, -0.2) is 0 Å². The molecule has 128 valence electrons. The van der Waals surface area contributed by atoms with Gasteiger partial charge in [-0.1, -0.05) is 73.4 Å². The van der Waals surface area contributed by atoms with E-state index < -0.39 is 0 Å². The van der Waals surface area contributed by atoms with Gasteiger partial charge in [0, 0.05) is 17.8 Å². The van der Waals surface area contributed by atoms with Crippen molar-refractivity contribution < 1.29 is 0 Å². The third kappa shape index (κ3) is 2.51. The Morgan fingerprint density at radius 3 is 1.92 bits per heavy atom. The number of hydrogen-bond acceptors (Lipinski definition) is 0. The van der Waals surface area contributed by atoms with Crippen molar-refractivity contribution >= 4 is 0 Å². The fourth-order valence-electron chi connectivity index (χ4n) is 5.27. The zero-order valence-corrected chi connectivity index (χ0v) is 16.2. The summed E-state index contributed by atoms with van der Waals surface area (Å²) < 4.78 is 0.